The summed E-state index contributed by atoms with van der Waals surface area (Å²) in [5, 5.41) is 3.06. The molecular weight excluding hydrogens is 422 g/mol. The summed E-state index contributed by atoms with van der Waals surface area (Å²) in [6.45, 7) is 5.80. The molecule has 28 heavy (non-hydrogen) atoms. The van der Waals surface area contributed by atoms with Crippen molar-refractivity contribution in [2.24, 2.45) is 0 Å². The van der Waals surface area contributed by atoms with Crippen LogP contribution >= 0.6 is 15.9 Å². The lowest BCUT2D eigenvalue weighted by molar-refractivity contribution is 0.0374. The maximum Gasteiger partial charge on any atom is 0.268 e. The van der Waals surface area contributed by atoms with Gasteiger partial charge in [-0.1, -0.05) is 28.1 Å². The lowest BCUT2D eigenvalue weighted by atomic mass is 10.2. The molecule has 0 atom stereocenters. The molecule has 3 aromatic rings. The molecule has 0 radical (unpaired) electrons. The second-order valence-electron chi connectivity index (χ2n) is 6.98. The summed E-state index contributed by atoms with van der Waals surface area (Å²) in [7, 11) is 0. The van der Waals surface area contributed by atoms with Crippen molar-refractivity contribution in [1.29, 1.82) is 0 Å². The van der Waals surface area contributed by atoms with Crippen LogP contribution in [0.25, 0.3) is 11.1 Å². The third-order valence-electron chi connectivity index (χ3n) is 5.05. The maximum atomic E-state index is 12.8. The van der Waals surface area contributed by atoms with Crippen LogP contribution in [-0.4, -0.2) is 54.8 Å². The predicted molar refractivity (Wildman–Crippen MR) is 112 cm³/mol. The van der Waals surface area contributed by atoms with E-state index in [-0.39, 0.29) is 5.91 Å². The molecule has 0 bridgehead atoms. The monoisotopic (exact) mass is 445 g/mol. The largest absolute Gasteiger partial charge is 0.463 e. The van der Waals surface area contributed by atoms with Gasteiger partial charge in [0.1, 0.15) is 5.69 Å². The molecule has 0 saturated carbocycles. The number of fused-ring (bicyclic) bond motifs is 1. The number of ether oxygens (including phenoxy) is 1. The van der Waals surface area contributed by atoms with Gasteiger partial charge < -0.3 is 19.0 Å². The Morgan fingerprint density at radius 1 is 1.14 bits per heavy atom. The standard InChI is InChI=1S/C21H24BrN3O3/c22-17-4-2-16(3-5-17)15-25-18-6-11-28-20(18)14-19(25)21(26)23-7-1-8-24-9-12-27-13-10-24/h2-6,11,14H,1,7-10,12-13,15H2,(H,23,26). The van der Waals surface area contributed by atoms with Gasteiger partial charge in [-0.2, -0.15) is 0 Å². The van der Waals surface area contributed by atoms with Gasteiger partial charge >= 0.3 is 0 Å². The number of aromatic nitrogens is 1. The van der Waals surface area contributed by atoms with E-state index in [2.05, 4.69) is 38.3 Å². The van der Waals surface area contributed by atoms with Crippen molar-refractivity contribution in [1.82, 2.24) is 14.8 Å². The number of amides is 1. The molecule has 1 N–H and O–H groups in total. The third kappa shape index (κ3) is 4.48. The Labute approximate surface area is 172 Å². The van der Waals surface area contributed by atoms with Crippen molar-refractivity contribution in [3.63, 3.8) is 0 Å². The van der Waals surface area contributed by atoms with E-state index in [1.807, 2.05) is 28.8 Å². The van der Waals surface area contributed by atoms with E-state index in [1.54, 1.807) is 6.26 Å². The highest BCUT2D eigenvalue weighted by Gasteiger charge is 2.18. The fourth-order valence-corrected chi connectivity index (χ4v) is 3.79. The quantitative estimate of drug-likeness (QED) is 0.565. The van der Waals surface area contributed by atoms with Gasteiger partial charge in [-0.05, 0) is 30.7 Å². The molecule has 148 valence electrons. The van der Waals surface area contributed by atoms with Gasteiger partial charge in [0, 0.05) is 42.8 Å². The molecule has 1 aliphatic rings. The Bertz CT molecular complexity index is 926. The van der Waals surface area contributed by atoms with Crippen molar-refractivity contribution >= 4 is 32.9 Å². The first-order chi connectivity index (χ1) is 13.7. The van der Waals surface area contributed by atoms with Gasteiger partial charge in [-0.25, -0.2) is 0 Å². The minimum absolute atomic E-state index is 0.0644. The Hall–Kier alpha value is -2.09. The molecule has 0 aliphatic carbocycles. The SMILES string of the molecule is O=C(NCCCN1CCOCC1)c1cc2occc2n1Cc1ccc(Br)cc1. The number of halogens is 1. The zero-order valence-corrected chi connectivity index (χ0v) is 17.3. The summed E-state index contributed by atoms with van der Waals surface area (Å²) in [6, 6.07) is 11.9. The van der Waals surface area contributed by atoms with Crippen LogP contribution in [0.5, 0.6) is 0 Å². The molecule has 1 saturated heterocycles. The minimum atomic E-state index is -0.0644. The normalized spacial score (nSPS) is 15.2. The zero-order valence-electron chi connectivity index (χ0n) is 15.7. The number of nitrogens with one attached hydrogen (secondary N) is 1. The number of carbonyl (C=O) groups is 1. The number of nitrogens with zero attached hydrogens (tertiary/aromatic N) is 2. The van der Waals surface area contributed by atoms with E-state index in [9.17, 15) is 4.79 Å². The molecule has 1 aliphatic heterocycles. The minimum Gasteiger partial charge on any atom is -0.463 e. The van der Waals surface area contributed by atoms with Crippen LogP contribution < -0.4 is 5.32 Å². The average Bonchev–Trinajstić information content (AvgIpc) is 3.30. The fraction of sp³-hybridized carbons (Fsp3) is 0.381. The van der Waals surface area contributed by atoms with Gasteiger partial charge in [0.05, 0.1) is 25.0 Å². The number of carbonyl (C=O) groups excluding carboxylic acids is 1. The predicted octanol–water partition coefficient (Wildman–Crippen LogP) is 3.50. The average molecular weight is 446 g/mol. The van der Waals surface area contributed by atoms with Crippen LogP contribution in [0.4, 0.5) is 0 Å². The molecule has 1 aromatic carbocycles. The van der Waals surface area contributed by atoms with Crippen LogP contribution in [0.3, 0.4) is 0 Å². The molecule has 0 unspecified atom stereocenters. The summed E-state index contributed by atoms with van der Waals surface area (Å²) in [4.78, 5) is 15.2. The summed E-state index contributed by atoms with van der Waals surface area (Å²) < 4.78 is 13.9. The molecule has 6 nitrogen and oxygen atoms in total. The first-order valence-electron chi connectivity index (χ1n) is 9.60. The summed E-state index contributed by atoms with van der Waals surface area (Å²) in [5.74, 6) is -0.0644. The molecule has 4 rings (SSSR count). The summed E-state index contributed by atoms with van der Waals surface area (Å²) in [5.41, 5.74) is 3.42. The Morgan fingerprint density at radius 2 is 1.93 bits per heavy atom. The molecule has 3 heterocycles. The molecule has 1 amide bonds. The Morgan fingerprint density at radius 3 is 2.71 bits per heavy atom. The topological polar surface area (TPSA) is 59.6 Å². The lowest BCUT2D eigenvalue weighted by Gasteiger charge is -2.26. The van der Waals surface area contributed by atoms with Crippen molar-refractivity contribution in [3.05, 3.63) is 58.4 Å². The molecular formula is C21H24BrN3O3. The number of hydrogen-bond donors (Lipinski definition) is 1. The summed E-state index contributed by atoms with van der Waals surface area (Å²) in [6.07, 6.45) is 2.59. The number of rotatable bonds is 7. The fourth-order valence-electron chi connectivity index (χ4n) is 3.53. The third-order valence-corrected chi connectivity index (χ3v) is 5.58. The van der Waals surface area contributed by atoms with Crippen molar-refractivity contribution < 1.29 is 13.9 Å². The van der Waals surface area contributed by atoms with Gasteiger partial charge in [0.25, 0.3) is 5.91 Å². The molecule has 2 aromatic heterocycles. The second-order valence-corrected chi connectivity index (χ2v) is 7.89. The van der Waals surface area contributed by atoms with Crippen LogP contribution in [0, 0.1) is 0 Å². The lowest BCUT2D eigenvalue weighted by Crippen LogP contribution is -2.38. The highest BCUT2D eigenvalue weighted by atomic mass is 79.9. The van der Waals surface area contributed by atoms with E-state index < -0.39 is 0 Å². The first kappa shape index (κ1) is 19.2. The van der Waals surface area contributed by atoms with Crippen LogP contribution in [0.2, 0.25) is 0 Å². The van der Waals surface area contributed by atoms with E-state index in [0.717, 1.165) is 60.4 Å². The number of morpholine rings is 1. The maximum absolute atomic E-state index is 12.8. The van der Waals surface area contributed by atoms with E-state index in [0.29, 0.717) is 18.8 Å². The van der Waals surface area contributed by atoms with Crippen molar-refractivity contribution in [3.8, 4) is 0 Å². The van der Waals surface area contributed by atoms with Crippen molar-refractivity contribution in [2.75, 3.05) is 39.4 Å². The van der Waals surface area contributed by atoms with Crippen molar-refractivity contribution in [2.45, 2.75) is 13.0 Å². The highest BCUT2D eigenvalue weighted by Crippen LogP contribution is 2.23. The van der Waals surface area contributed by atoms with E-state index in [1.165, 1.54) is 0 Å². The van der Waals surface area contributed by atoms with Gasteiger partial charge in [-0.3, -0.25) is 9.69 Å². The highest BCUT2D eigenvalue weighted by molar-refractivity contribution is 9.10. The number of benzene rings is 1. The van der Waals surface area contributed by atoms with Crippen LogP contribution in [0.15, 0.2) is 51.6 Å². The Balaban J connectivity index is 1.41. The van der Waals surface area contributed by atoms with Gasteiger partial charge in [0.15, 0.2) is 5.58 Å². The number of furan rings is 1. The summed E-state index contributed by atoms with van der Waals surface area (Å²) >= 11 is 3.46. The molecule has 7 heteroatoms. The van der Waals surface area contributed by atoms with E-state index >= 15 is 0 Å². The number of hydrogen-bond acceptors (Lipinski definition) is 4. The van der Waals surface area contributed by atoms with Crippen LogP contribution in [0.1, 0.15) is 22.5 Å². The van der Waals surface area contributed by atoms with Crippen LogP contribution in [-0.2, 0) is 11.3 Å². The Kier molecular flexibility index (Phi) is 6.14. The van der Waals surface area contributed by atoms with Gasteiger partial charge in [0.2, 0.25) is 0 Å². The van der Waals surface area contributed by atoms with Gasteiger partial charge in [-0.15, -0.1) is 0 Å². The smallest absolute Gasteiger partial charge is 0.268 e. The zero-order chi connectivity index (χ0) is 19.3. The first-order valence-corrected chi connectivity index (χ1v) is 10.4. The molecule has 1 fully saturated rings. The second kappa shape index (κ2) is 8.94. The van der Waals surface area contributed by atoms with E-state index in [4.69, 9.17) is 9.15 Å². The molecule has 0 spiro atoms.